The Morgan fingerprint density at radius 3 is 2.67 bits per heavy atom. The summed E-state index contributed by atoms with van der Waals surface area (Å²) in [7, 11) is 1.62. The average molecular weight is 555 g/mol. The van der Waals surface area contributed by atoms with Crippen LogP contribution in [0, 0.1) is 6.92 Å². The molecule has 0 saturated heterocycles. The smallest absolute Gasteiger partial charge is 0.387 e. The van der Waals surface area contributed by atoms with E-state index in [9.17, 15) is 13.6 Å². The number of aryl methyl sites for hydroxylation is 1. The maximum atomic E-state index is 12.5. The van der Waals surface area contributed by atoms with Gasteiger partial charge >= 0.3 is 6.61 Å². The summed E-state index contributed by atoms with van der Waals surface area (Å²) in [5.74, 6) is 0.594. The Kier molecular flexibility index (Phi) is 11.7. The van der Waals surface area contributed by atoms with Crippen LogP contribution in [-0.4, -0.2) is 30.7 Å². The molecule has 6 nitrogen and oxygen atoms in total. The van der Waals surface area contributed by atoms with Gasteiger partial charge in [0.1, 0.15) is 5.75 Å². The number of pyridine rings is 1. The number of aromatic nitrogens is 1. The van der Waals surface area contributed by atoms with Crippen LogP contribution in [-0.2, 0) is 13.1 Å². The summed E-state index contributed by atoms with van der Waals surface area (Å²) < 4.78 is 31.4. The first-order chi connectivity index (χ1) is 13.9. The molecule has 166 valence electrons. The van der Waals surface area contributed by atoms with Crippen molar-refractivity contribution in [1.29, 1.82) is 0 Å². The average Bonchev–Trinajstić information content (AvgIpc) is 2.67. The van der Waals surface area contributed by atoms with Gasteiger partial charge in [-0.15, -0.1) is 24.0 Å². The van der Waals surface area contributed by atoms with E-state index < -0.39 is 6.61 Å². The zero-order valence-electron chi connectivity index (χ0n) is 16.8. The van der Waals surface area contributed by atoms with Gasteiger partial charge in [0.15, 0.2) is 5.96 Å². The lowest BCUT2D eigenvalue weighted by Crippen LogP contribution is -2.37. The highest BCUT2D eigenvalue weighted by atomic mass is 127. The van der Waals surface area contributed by atoms with Gasteiger partial charge in [-0.2, -0.15) is 8.78 Å². The van der Waals surface area contributed by atoms with Crippen LogP contribution in [0.25, 0.3) is 0 Å². The number of nitrogens with zero attached hydrogens (tertiary/aromatic N) is 2. The van der Waals surface area contributed by atoms with Crippen LogP contribution in [0.4, 0.5) is 8.78 Å². The molecule has 0 fully saturated rings. The molecule has 0 bridgehead atoms. The first kappa shape index (κ1) is 26.2. The van der Waals surface area contributed by atoms with Crippen LogP contribution in [0.5, 0.6) is 5.75 Å². The fourth-order valence-corrected chi connectivity index (χ4v) is 3.00. The van der Waals surface area contributed by atoms with E-state index in [2.05, 4.69) is 20.4 Å². The van der Waals surface area contributed by atoms with Gasteiger partial charge < -0.3 is 19.9 Å². The number of alkyl halides is 2. The molecule has 2 rings (SSSR count). The number of benzene rings is 1. The second-order valence-electron chi connectivity index (χ2n) is 6.35. The topological polar surface area (TPSA) is 67.7 Å². The predicted molar refractivity (Wildman–Crippen MR) is 126 cm³/mol. The van der Waals surface area contributed by atoms with Gasteiger partial charge in [0.2, 0.25) is 0 Å². The highest BCUT2D eigenvalue weighted by molar-refractivity contribution is 14.0. The number of guanidine groups is 1. The molecular formula is C20H26ClF2IN4O2. The van der Waals surface area contributed by atoms with Crippen LogP contribution in [0.1, 0.15) is 24.1 Å². The van der Waals surface area contributed by atoms with Gasteiger partial charge in [-0.05, 0) is 44.0 Å². The van der Waals surface area contributed by atoms with Crippen LogP contribution < -0.4 is 20.9 Å². The largest absolute Gasteiger partial charge is 0.434 e. The van der Waals surface area contributed by atoms with E-state index in [1.165, 1.54) is 12.1 Å². The molecule has 0 spiro atoms. The summed E-state index contributed by atoms with van der Waals surface area (Å²) >= 11 is 5.95. The van der Waals surface area contributed by atoms with E-state index in [1.54, 1.807) is 29.8 Å². The van der Waals surface area contributed by atoms with Gasteiger partial charge in [-0.25, -0.2) is 0 Å². The lowest BCUT2D eigenvalue weighted by molar-refractivity contribution is -0.0504. The van der Waals surface area contributed by atoms with E-state index in [1.807, 2.05) is 13.0 Å². The van der Waals surface area contributed by atoms with E-state index in [-0.39, 0.29) is 41.8 Å². The van der Waals surface area contributed by atoms with Crippen LogP contribution in [0.15, 0.2) is 46.2 Å². The molecule has 0 aliphatic carbocycles. The Morgan fingerprint density at radius 2 is 2.00 bits per heavy atom. The van der Waals surface area contributed by atoms with Crippen molar-refractivity contribution in [3.63, 3.8) is 0 Å². The molecule has 0 radical (unpaired) electrons. The summed E-state index contributed by atoms with van der Waals surface area (Å²) in [6.07, 6.45) is 1.66. The number of ether oxygens (including phenoxy) is 1. The molecule has 1 aromatic heterocycles. The summed E-state index contributed by atoms with van der Waals surface area (Å²) in [4.78, 5) is 16.0. The maximum absolute atomic E-state index is 12.5. The van der Waals surface area contributed by atoms with E-state index >= 15 is 0 Å². The van der Waals surface area contributed by atoms with Crippen molar-refractivity contribution in [2.45, 2.75) is 39.5 Å². The molecule has 1 aromatic carbocycles. The third-order valence-corrected chi connectivity index (χ3v) is 4.51. The maximum Gasteiger partial charge on any atom is 0.387 e. The van der Waals surface area contributed by atoms with Crippen molar-refractivity contribution in [3.05, 3.63) is 63.0 Å². The quantitative estimate of drug-likeness (QED) is 0.211. The summed E-state index contributed by atoms with van der Waals surface area (Å²) in [5.41, 5.74) is 1.43. The Balaban J connectivity index is 0.00000450. The van der Waals surface area contributed by atoms with Crippen LogP contribution >= 0.6 is 35.6 Å². The number of aliphatic imine (C=N–C) groups is 1. The van der Waals surface area contributed by atoms with Crippen molar-refractivity contribution in [2.24, 2.45) is 4.99 Å². The zero-order chi connectivity index (χ0) is 21.2. The first-order valence-corrected chi connectivity index (χ1v) is 9.62. The molecule has 0 aliphatic rings. The molecule has 0 saturated carbocycles. The van der Waals surface area contributed by atoms with Gasteiger partial charge in [-0.1, -0.05) is 17.7 Å². The second kappa shape index (κ2) is 13.4. The number of unbranched alkanes of at least 4 members (excludes halogenated alkanes) is 1. The second-order valence-corrected chi connectivity index (χ2v) is 6.78. The van der Waals surface area contributed by atoms with E-state index in [4.69, 9.17) is 11.6 Å². The summed E-state index contributed by atoms with van der Waals surface area (Å²) in [5, 5.41) is 6.64. The SMILES string of the molecule is CN=C(NCCCCn1c(C)cccc1=O)NCc1cc(Cl)ccc1OC(F)F.I. The number of hydrogen-bond donors (Lipinski definition) is 2. The number of nitrogens with one attached hydrogen (secondary N) is 2. The molecule has 0 atom stereocenters. The summed E-state index contributed by atoms with van der Waals surface area (Å²) in [6.45, 7) is 0.522. The highest BCUT2D eigenvalue weighted by Gasteiger charge is 2.11. The number of hydrogen-bond acceptors (Lipinski definition) is 3. The Morgan fingerprint density at radius 1 is 1.23 bits per heavy atom. The Hall–Kier alpha value is -1.88. The molecule has 2 aromatic rings. The van der Waals surface area contributed by atoms with Crippen molar-refractivity contribution in [3.8, 4) is 5.75 Å². The fraction of sp³-hybridized carbons (Fsp3) is 0.400. The Labute approximate surface area is 196 Å². The molecule has 0 unspecified atom stereocenters. The molecule has 0 aliphatic heterocycles. The van der Waals surface area contributed by atoms with Crippen LogP contribution in [0.2, 0.25) is 5.02 Å². The number of halogens is 4. The van der Waals surface area contributed by atoms with Crippen LogP contribution in [0.3, 0.4) is 0 Å². The van der Waals surface area contributed by atoms with E-state index in [0.717, 1.165) is 18.5 Å². The van der Waals surface area contributed by atoms with Crippen molar-refractivity contribution in [2.75, 3.05) is 13.6 Å². The van der Waals surface area contributed by atoms with Gasteiger partial charge in [0.25, 0.3) is 5.56 Å². The number of rotatable bonds is 9. The standard InChI is InChI=1S/C20H25ClF2N4O2.HI/c1-14-6-5-7-18(28)27(14)11-4-3-10-25-20(24-2)26-13-15-12-16(21)8-9-17(15)29-19(22)23;/h5-9,12,19H,3-4,10-11,13H2,1-2H3,(H2,24,25,26);1H. The van der Waals surface area contributed by atoms with Crippen molar-refractivity contribution < 1.29 is 13.5 Å². The summed E-state index contributed by atoms with van der Waals surface area (Å²) in [6, 6.07) is 9.69. The van der Waals surface area contributed by atoms with Gasteiger partial charge in [0.05, 0.1) is 0 Å². The molecule has 10 heteroatoms. The monoisotopic (exact) mass is 554 g/mol. The van der Waals surface area contributed by atoms with Crippen molar-refractivity contribution in [1.82, 2.24) is 15.2 Å². The molecular weight excluding hydrogens is 529 g/mol. The lowest BCUT2D eigenvalue weighted by Gasteiger charge is -2.15. The van der Waals surface area contributed by atoms with Gasteiger partial charge in [-0.3, -0.25) is 9.79 Å². The third-order valence-electron chi connectivity index (χ3n) is 4.28. The minimum Gasteiger partial charge on any atom is -0.434 e. The van der Waals surface area contributed by atoms with E-state index in [0.29, 0.717) is 29.6 Å². The third kappa shape index (κ3) is 8.47. The predicted octanol–water partition coefficient (Wildman–Crippen LogP) is 4.17. The molecule has 30 heavy (non-hydrogen) atoms. The van der Waals surface area contributed by atoms with Crippen molar-refractivity contribution >= 4 is 41.5 Å². The normalized spacial score (nSPS) is 11.2. The molecule has 0 amide bonds. The molecule has 1 heterocycles. The minimum absolute atomic E-state index is 0. The Bertz CT molecular complexity index is 893. The molecule has 2 N–H and O–H groups in total. The lowest BCUT2D eigenvalue weighted by atomic mass is 10.2. The fourth-order valence-electron chi connectivity index (χ4n) is 2.81. The highest BCUT2D eigenvalue weighted by Crippen LogP contribution is 2.24. The zero-order valence-corrected chi connectivity index (χ0v) is 19.9. The first-order valence-electron chi connectivity index (χ1n) is 9.25. The van der Waals surface area contributed by atoms with Gasteiger partial charge in [0, 0.05) is 49.0 Å². The minimum atomic E-state index is -2.91.